The van der Waals surface area contributed by atoms with Gasteiger partial charge in [0.05, 0.1) is 0 Å². The Kier molecular flexibility index (Phi) is 7.39. The van der Waals surface area contributed by atoms with Gasteiger partial charge >= 0.3 is 336 Å². The molecule has 0 aliphatic heterocycles. The fourth-order valence-electron chi connectivity index (χ4n) is 10.2. The van der Waals surface area contributed by atoms with Gasteiger partial charge in [-0.2, -0.15) is 0 Å². The van der Waals surface area contributed by atoms with Crippen LogP contribution in [0.1, 0.15) is 0 Å². The predicted octanol–water partition coefficient (Wildman–Crippen LogP) is 16.2. The summed E-state index contributed by atoms with van der Waals surface area (Å²) in [5.41, 5.74) is 12.0. The molecule has 0 amide bonds. The second kappa shape index (κ2) is 13.1. The molecule has 0 aliphatic carbocycles. The Bertz CT molecular complexity index is 3770. The molecule has 2 heteroatoms. The summed E-state index contributed by atoms with van der Waals surface area (Å²) in [4.78, 5) is 0. The van der Waals surface area contributed by atoms with Crippen molar-refractivity contribution < 1.29 is 4.42 Å². The molecule has 0 radical (unpaired) electrons. The summed E-state index contributed by atoms with van der Waals surface area (Å²) in [6, 6.07) is 76.1. The zero-order chi connectivity index (χ0) is 39.3. The van der Waals surface area contributed by atoms with Gasteiger partial charge < -0.3 is 0 Å². The summed E-state index contributed by atoms with van der Waals surface area (Å²) in [6.07, 6.45) is 0. The van der Waals surface area contributed by atoms with Crippen molar-refractivity contribution in [2.45, 2.75) is 0 Å². The molecule has 278 valence electrons. The molecular weight excluding hydrogens is 792 g/mol. The van der Waals surface area contributed by atoms with Crippen molar-refractivity contribution in [2.24, 2.45) is 0 Å². The summed E-state index contributed by atoms with van der Waals surface area (Å²) < 4.78 is 9.28. The van der Waals surface area contributed by atoms with Crippen LogP contribution in [0, 0.1) is 0 Å². The summed E-state index contributed by atoms with van der Waals surface area (Å²) in [5, 5.41) is 15.2. The summed E-state index contributed by atoms with van der Waals surface area (Å²) in [6.45, 7) is 0. The van der Waals surface area contributed by atoms with Crippen LogP contribution in [0.3, 0.4) is 0 Å². The Hall–Kier alpha value is -7.22. The van der Waals surface area contributed by atoms with Crippen LogP contribution in [0.4, 0.5) is 0 Å². The molecule has 0 bridgehead atoms. The molecule has 60 heavy (non-hydrogen) atoms. The molecule has 0 aliphatic rings. The van der Waals surface area contributed by atoms with Crippen LogP contribution in [-0.2, 0) is 0 Å². The van der Waals surface area contributed by atoms with Gasteiger partial charge in [0.25, 0.3) is 0 Å². The second-order valence-electron chi connectivity index (χ2n) is 15.8. The van der Waals surface area contributed by atoms with Gasteiger partial charge in [-0.1, -0.05) is 12.1 Å². The normalized spacial score (nSPS) is 12.0. The minimum atomic E-state index is 0.189. The Morgan fingerprint density at radius 1 is 0.267 bits per heavy atom. The van der Waals surface area contributed by atoms with Crippen molar-refractivity contribution in [2.75, 3.05) is 0 Å². The van der Waals surface area contributed by atoms with Crippen LogP contribution >= 0.6 is 0 Å². The third kappa shape index (κ3) is 4.93. The van der Waals surface area contributed by atoms with Crippen LogP contribution < -0.4 is 0 Å². The molecule has 0 saturated carbocycles. The average molecular weight is 826 g/mol. The molecule has 0 N–H and O–H groups in total. The molecule has 13 aromatic rings. The average Bonchev–Trinajstić information content (AvgIpc) is 3.88. The maximum atomic E-state index is 6.40. The van der Waals surface area contributed by atoms with Gasteiger partial charge in [-0.25, -0.2) is 0 Å². The Morgan fingerprint density at radius 3 is 1.33 bits per heavy atom. The van der Waals surface area contributed by atoms with E-state index in [9.17, 15) is 0 Å². The molecule has 0 spiro atoms. The monoisotopic (exact) mass is 826 g/mol. The molecule has 11 aromatic carbocycles. The van der Waals surface area contributed by atoms with E-state index in [0.717, 1.165) is 16.6 Å². The van der Waals surface area contributed by atoms with Gasteiger partial charge in [-0.15, -0.1) is 0 Å². The predicted molar refractivity (Wildman–Crippen MR) is 257 cm³/mol. The van der Waals surface area contributed by atoms with Crippen molar-refractivity contribution in [3.05, 3.63) is 206 Å². The minimum absolute atomic E-state index is 0.189. The number of hydrogen-bond donors (Lipinski definition) is 0. The van der Waals surface area contributed by atoms with E-state index in [0.29, 0.717) is 0 Å². The van der Waals surface area contributed by atoms with Gasteiger partial charge in [-0.3, -0.25) is 0 Å². The van der Waals surface area contributed by atoms with E-state index < -0.39 is 0 Å². The number of fused-ring (bicyclic) bond motifs is 10. The fraction of sp³-hybridized carbons (Fsp3) is 0. The van der Waals surface area contributed by atoms with Gasteiger partial charge in [0, 0.05) is 0 Å². The van der Waals surface area contributed by atoms with Crippen molar-refractivity contribution >= 4 is 98.8 Å². The fourth-order valence-corrected chi connectivity index (χ4v) is 12.5. The van der Waals surface area contributed by atoms with Crippen molar-refractivity contribution in [1.82, 2.24) is 0 Å². The van der Waals surface area contributed by atoms with Crippen molar-refractivity contribution in [3.63, 3.8) is 0 Å². The first-order valence-corrected chi connectivity index (χ1v) is 22.3. The third-order valence-corrected chi connectivity index (χ3v) is 15.0. The molecule has 0 saturated heterocycles. The van der Waals surface area contributed by atoms with Gasteiger partial charge in [0.2, 0.25) is 0 Å². The summed E-state index contributed by atoms with van der Waals surface area (Å²) in [7, 11) is 0. The third-order valence-electron chi connectivity index (χ3n) is 12.6. The molecule has 2 aromatic heterocycles. The molecule has 2 heterocycles. The van der Waals surface area contributed by atoms with E-state index >= 15 is 0 Å². The van der Waals surface area contributed by atoms with E-state index in [1.807, 2.05) is 6.07 Å². The van der Waals surface area contributed by atoms with Crippen LogP contribution in [0.2, 0.25) is 0 Å². The SMILES string of the molecule is c1ccc(-c2c3ccccc3c(-c3ccc4c(c3)[se]c3ccc(-c5c6ccccc6c(-c6cccc7oc8ccccc8c67)c6ccccc56)cc34)c3ccccc23)cc1. The van der Waals surface area contributed by atoms with E-state index in [4.69, 9.17) is 4.42 Å². The standard InChI is InChI=1S/C58H34OSe/c1-2-15-35(16-3-1)54-39-17-4-6-19-41(39)56(42-20-7-5-18-40(42)54)37-29-31-38-49-33-36(30-32-52(49)60-53(38)34-37)55-43-21-8-10-23-45(43)57(46-24-11-9-22-44(46)55)48-26-14-28-51-58(48)47-25-12-13-27-50(47)59-51/h1-34H. The number of rotatable bonds is 4. The van der Waals surface area contributed by atoms with Crippen LogP contribution in [0.5, 0.6) is 0 Å². The van der Waals surface area contributed by atoms with E-state index in [1.54, 1.807) is 0 Å². The van der Waals surface area contributed by atoms with E-state index in [2.05, 4.69) is 200 Å². The first kappa shape index (κ1) is 33.7. The number of furan rings is 1. The van der Waals surface area contributed by atoms with Crippen LogP contribution in [0.15, 0.2) is 211 Å². The molecule has 0 unspecified atom stereocenters. The maximum absolute atomic E-state index is 6.40. The van der Waals surface area contributed by atoms with Crippen LogP contribution in [-0.4, -0.2) is 14.5 Å². The Balaban J connectivity index is 1.02. The molecule has 13 rings (SSSR count). The quantitative estimate of drug-likeness (QED) is 0.127. The van der Waals surface area contributed by atoms with Crippen molar-refractivity contribution in [3.8, 4) is 44.5 Å². The number of benzene rings is 11. The molecule has 0 atom stereocenters. The Morgan fingerprint density at radius 2 is 0.733 bits per heavy atom. The van der Waals surface area contributed by atoms with E-state index in [1.165, 1.54) is 112 Å². The summed E-state index contributed by atoms with van der Waals surface area (Å²) in [5.74, 6) is 0. The molecule has 0 fully saturated rings. The molecule has 1 nitrogen and oxygen atoms in total. The van der Waals surface area contributed by atoms with Crippen LogP contribution in [0.25, 0.3) is 129 Å². The number of hydrogen-bond acceptors (Lipinski definition) is 1. The van der Waals surface area contributed by atoms with Crippen molar-refractivity contribution in [1.29, 1.82) is 0 Å². The molecular formula is C58H34OSe. The van der Waals surface area contributed by atoms with Gasteiger partial charge in [-0.05, 0) is 6.07 Å². The van der Waals surface area contributed by atoms with Gasteiger partial charge in [0.15, 0.2) is 0 Å². The zero-order valence-electron chi connectivity index (χ0n) is 32.4. The van der Waals surface area contributed by atoms with Gasteiger partial charge in [0.1, 0.15) is 0 Å². The number of para-hydroxylation sites is 1. The first-order valence-electron chi connectivity index (χ1n) is 20.6. The zero-order valence-corrected chi connectivity index (χ0v) is 34.2. The van der Waals surface area contributed by atoms with E-state index in [-0.39, 0.29) is 14.5 Å². The first-order chi connectivity index (χ1) is 29.8. The second-order valence-corrected chi connectivity index (χ2v) is 18.1. The topological polar surface area (TPSA) is 13.1 Å². The Labute approximate surface area is 352 Å². The summed E-state index contributed by atoms with van der Waals surface area (Å²) >= 11 is 0.189.